The van der Waals surface area contributed by atoms with Gasteiger partial charge in [-0.15, -0.1) is 0 Å². The van der Waals surface area contributed by atoms with Crippen molar-refractivity contribution in [2.45, 2.75) is 19.8 Å². The first-order chi connectivity index (χ1) is 7.22. The third-order valence-electron chi connectivity index (χ3n) is 2.29. The summed E-state index contributed by atoms with van der Waals surface area (Å²) >= 11 is 0. The molecule has 1 aliphatic heterocycles. The summed E-state index contributed by atoms with van der Waals surface area (Å²) in [4.78, 5) is 4.42. The highest BCUT2D eigenvalue weighted by molar-refractivity contribution is 7.67. The van der Waals surface area contributed by atoms with Gasteiger partial charge in [-0.3, -0.25) is 4.18 Å². The second-order valence-electron chi connectivity index (χ2n) is 3.42. The van der Waals surface area contributed by atoms with Crippen LogP contribution < -0.4 is 0 Å². The average molecular weight is 234 g/mol. The zero-order chi connectivity index (χ0) is 11.1. The molecular weight excluding hydrogens is 216 g/mol. The summed E-state index contributed by atoms with van der Waals surface area (Å²) < 4.78 is 24.6. The lowest BCUT2D eigenvalue weighted by molar-refractivity contribution is 0.258. The molecule has 0 aromatic rings. The van der Waals surface area contributed by atoms with Gasteiger partial charge < -0.3 is 9.80 Å². The van der Waals surface area contributed by atoms with Crippen LogP contribution in [0.3, 0.4) is 0 Å². The maximum Gasteiger partial charge on any atom is 0.257 e. The Kier molecular flexibility index (Phi) is 5.49. The van der Waals surface area contributed by atoms with Crippen molar-refractivity contribution in [3.8, 4) is 0 Å². The molecule has 0 amide bonds. The SMILES string of the molecule is CCN1C=CN(CCCCO[SH](=O)=O)C1. The van der Waals surface area contributed by atoms with Gasteiger partial charge in [0.1, 0.15) is 0 Å². The second kappa shape index (κ2) is 6.68. The number of unbranched alkanes of at least 4 members (excludes halogenated alkanes) is 1. The highest BCUT2D eigenvalue weighted by atomic mass is 32.2. The monoisotopic (exact) mass is 234 g/mol. The Labute approximate surface area is 92.5 Å². The van der Waals surface area contributed by atoms with Crippen LogP contribution in [0.4, 0.5) is 0 Å². The number of rotatable bonds is 7. The Morgan fingerprint density at radius 2 is 2.00 bits per heavy atom. The molecule has 0 radical (unpaired) electrons. The first-order valence-corrected chi connectivity index (χ1v) is 6.25. The van der Waals surface area contributed by atoms with E-state index >= 15 is 0 Å². The summed E-state index contributed by atoms with van der Waals surface area (Å²) in [5, 5.41) is 0. The van der Waals surface area contributed by atoms with Crippen molar-refractivity contribution in [1.29, 1.82) is 0 Å². The van der Waals surface area contributed by atoms with Crippen molar-refractivity contribution in [1.82, 2.24) is 9.80 Å². The van der Waals surface area contributed by atoms with Gasteiger partial charge in [0, 0.05) is 25.5 Å². The topological polar surface area (TPSA) is 49.9 Å². The largest absolute Gasteiger partial charge is 0.359 e. The van der Waals surface area contributed by atoms with Gasteiger partial charge in [0.05, 0.1) is 13.3 Å². The maximum atomic E-state index is 10.1. The summed E-state index contributed by atoms with van der Waals surface area (Å²) in [5.41, 5.74) is 0. The van der Waals surface area contributed by atoms with Crippen LogP contribution in [0.25, 0.3) is 0 Å². The number of hydrogen-bond donors (Lipinski definition) is 1. The fourth-order valence-corrected chi connectivity index (χ4v) is 1.70. The van der Waals surface area contributed by atoms with Crippen molar-refractivity contribution >= 4 is 11.0 Å². The van der Waals surface area contributed by atoms with Gasteiger partial charge in [0.25, 0.3) is 11.0 Å². The van der Waals surface area contributed by atoms with Gasteiger partial charge in [0.2, 0.25) is 0 Å². The van der Waals surface area contributed by atoms with E-state index in [1.54, 1.807) is 0 Å². The molecule has 6 heteroatoms. The Morgan fingerprint density at radius 3 is 2.60 bits per heavy atom. The van der Waals surface area contributed by atoms with E-state index in [4.69, 9.17) is 0 Å². The zero-order valence-electron chi connectivity index (χ0n) is 8.96. The molecule has 0 aromatic carbocycles. The summed E-state index contributed by atoms with van der Waals surface area (Å²) in [5.74, 6) is 0. The maximum absolute atomic E-state index is 10.1. The van der Waals surface area contributed by atoms with Crippen LogP contribution in [0.15, 0.2) is 12.4 Å². The van der Waals surface area contributed by atoms with Gasteiger partial charge >= 0.3 is 0 Å². The smallest absolute Gasteiger partial charge is 0.257 e. The van der Waals surface area contributed by atoms with E-state index in [1.165, 1.54) is 0 Å². The zero-order valence-corrected chi connectivity index (χ0v) is 9.86. The fourth-order valence-electron chi connectivity index (χ4n) is 1.42. The van der Waals surface area contributed by atoms with Crippen LogP contribution in [0.1, 0.15) is 19.8 Å². The summed E-state index contributed by atoms with van der Waals surface area (Å²) in [6, 6.07) is 0. The summed E-state index contributed by atoms with van der Waals surface area (Å²) in [7, 11) is -2.67. The fraction of sp³-hybridized carbons (Fsp3) is 0.778. The summed E-state index contributed by atoms with van der Waals surface area (Å²) in [6.45, 7) is 5.33. The number of thiol groups is 1. The first-order valence-electron chi connectivity index (χ1n) is 5.16. The van der Waals surface area contributed by atoms with Crippen LogP contribution in [0.2, 0.25) is 0 Å². The third kappa shape index (κ3) is 5.03. The molecule has 0 aromatic heterocycles. The summed E-state index contributed by atoms with van der Waals surface area (Å²) in [6.07, 6.45) is 5.87. The van der Waals surface area contributed by atoms with Gasteiger partial charge in [-0.05, 0) is 19.8 Å². The minimum Gasteiger partial charge on any atom is -0.359 e. The molecule has 0 N–H and O–H groups in total. The molecule has 0 saturated heterocycles. The molecule has 15 heavy (non-hydrogen) atoms. The van der Waals surface area contributed by atoms with Crippen LogP contribution in [-0.2, 0) is 15.2 Å². The highest BCUT2D eigenvalue weighted by Crippen LogP contribution is 2.06. The van der Waals surface area contributed by atoms with E-state index in [9.17, 15) is 8.42 Å². The number of nitrogens with zero attached hydrogens (tertiary/aromatic N) is 2. The first kappa shape index (κ1) is 12.3. The molecule has 88 valence electrons. The standard InChI is InChI=1S/C9H18N2O3S/c1-2-10-6-7-11(9-10)5-3-4-8-14-15(12)13/h6-7,15H,2-5,8-9H2,1H3. The van der Waals surface area contributed by atoms with Gasteiger partial charge in [-0.1, -0.05) is 0 Å². The molecule has 5 nitrogen and oxygen atoms in total. The van der Waals surface area contributed by atoms with E-state index in [-0.39, 0.29) is 0 Å². The lowest BCUT2D eigenvalue weighted by atomic mass is 10.3. The van der Waals surface area contributed by atoms with E-state index in [2.05, 4.69) is 33.3 Å². The minimum absolute atomic E-state index is 0.299. The van der Waals surface area contributed by atoms with E-state index in [0.717, 1.165) is 32.6 Å². The van der Waals surface area contributed by atoms with Crippen molar-refractivity contribution < 1.29 is 12.6 Å². The molecule has 0 unspecified atom stereocenters. The average Bonchev–Trinajstić information content (AvgIpc) is 2.65. The normalized spacial score (nSPS) is 15.6. The van der Waals surface area contributed by atoms with Crippen LogP contribution in [0, 0.1) is 0 Å². The van der Waals surface area contributed by atoms with Gasteiger partial charge in [0.15, 0.2) is 0 Å². The number of hydrogen-bond acceptors (Lipinski definition) is 5. The Bertz CT molecular complexity index is 271. The Hall–Kier alpha value is -0.750. The molecule has 1 rings (SSSR count). The molecular formula is C9H18N2O3S. The third-order valence-corrected chi connectivity index (χ3v) is 2.69. The molecule has 0 saturated carbocycles. The molecule has 0 fully saturated rings. The molecule has 1 heterocycles. The molecule has 0 atom stereocenters. The minimum atomic E-state index is -2.67. The van der Waals surface area contributed by atoms with Crippen LogP contribution >= 0.6 is 0 Å². The molecule has 1 aliphatic rings. The molecule has 0 aliphatic carbocycles. The van der Waals surface area contributed by atoms with Crippen molar-refractivity contribution in [3.05, 3.63) is 12.4 Å². The quantitative estimate of drug-likeness (QED) is 0.509. The van der Waals surface area contributed by atoms with Crippen molar-refractivity contribution in [2.75, 3.05) is 26.4 Å². The van der Waals surface area contributed by atoms with Gasteiger partial charge in [-0.2, -0.15) is 0 Å². The predicted octanol–water partition coefficient (Wildman–Crippen LogP) is 0.376. The highest BCUT2D eigenvalue weighted by Gasteiger charge is 2.08. The van der Waals surface area contributed by atoms with Gasteiger partial charge in [-0.25, -0.2) is 8.42 Å². The van der Waals surface area contributed by atoms with E-state index in [0.29, 0.717) is 6.61 Å². The molecule has 0 bridgehead atoms. The van der Waals surface area contributed by atoms with E-state index < -0.39 is 11.0 Å². The van der Waals surface area contributed by atoms with Crippen LogP contribution in [-0.4, -0.2) is 44.6 Å². The van der Waals surface area contributed by atoms with Crippen LogP contribution in [0.5, 0.6) is 0 Å². The lowest BCUT2D eigenvalue weighted by Gasteiger charge is -2.19. The molecule has 0 spiro atoms. The Morgan fingerprint density at radius 1 is 1.27 bits per heavy atom. The van der Waals surface area contributed by atoms with Crippen molar-refractivity contribution in [2.24, 2.45) is 0 Å². The second-order valence-corrected chi connectivity index (χ2v) is 4.13. The van der Waals surface area contributed by atoms with E-state index in [1.807, 2.05) is 0 Å². The van der Waals surface area contributed by atoms with Crippen molar-refractivity contribution in [3.63, 3.8) is 0 Å². The predicted molar refractivity (Wildman–Crippen MR) is 58.6 cm³/mol. The lowest BCUT2D eigenvalue weighted by Crippen LogP contribution is -2.25. The Balaban J connectivity index is 2.00.